The lowest BCUT2D eigenvalue weighted by Gasteiger charge is -2.09. The average molecular weight is 413 g/mol. The van der Waals surface area contributed by atoms with Gasteiger partial charge in [0.15, 0.2) is 5.82 Å². The highest BCUT2D eigenvalue weighted by Gasteiger charge is 2.09. The molecule has 4 rings (SSSR count). The summed E-state index contributed by atoms with van der Waals surface area (Å²) in [6.45, 7) is 7.91. The number of benzene rings is 2. The highest BCUT2D eigenvalue weighted by Crippen LogP contribution is 2.22. The van der Waals surface area contributed by atoms with Gasteiger partial charge in [0.25, 0.3) is 5.91 Å². The van der Waals surface area contributed by atoms with Crippen molar-refractivity contribution in [3.63, 3.8) is 0 Å². The van der Waals surface area contributed by atoms with Crippen LogP contribution in [-0.4, -0.2) is 25.9 Å². The Bertz CT molecular complexity index is 1230. The summed E-state index contributed by atoms with van der Waals surface area (Å²) in [4.78, 5) is 12.5. The van der Waals surface area contributed by atoms with E-state index in [2.05, 4.69) is 20.6 Å². The number of nitrogens with one attached hydrogen (secondary N) is 1. The van der Waals surface area contributed by atoms with E-state index in [9.17, 15) is 4.79 Å². The van der Waals surface area contributed by atoms with Crippen molar-refractivity contribution in [2.45, 2.75) is 27.7 Å². The molecule has 156 valence electrons. The number of aryl methyl sites for hydroxylation is 4. The quantitative estimate of drug-likeness (QED) is 0.501. The van der Waals surface area contributed by atoms with E-state index in [1.165, 1.54) is 0 Å². The summed E-state index contributed by atoms with van der Waals surface area (Å²) >= 11 is 0. The van der Waals surface area contributed by atoms with E-state index < -0.39 is 0 Å². The van der Waals surface area contributed by atoms with Crippen molar-refractivity contribution in [1.82, 2.24) is 20.0 Å². The first-order valence-corrected chi connectivity index (χ1v) is 9.93. The first-order valence-electron chi connectivity index (χ1n) is 9.93. The lowest BCUT2D eigenvalue weighted by molar-refractivity contribution is 0.102. The summed E-state index contributed by atoms with van der Waals surface area (Å²) in [5, 5.41) is 15.6. The normalized spacial score (nSPS) is 10.7. The Kier molecular flexibility index (Phi) is 5.49. The fourth-order valence-electron chi connectivity index (χ4n) is 3.15. The molecular formula is C24H23N5O2. The number of ether oxygens (including phenoxy) is 1. The number of hydrogen-bond acceptors (Lipinski definition) is 5. The zero-order valence-electron chi connectivity index (χ0n) is 17.9. The van der Waals surface area contributed by atoms with Crippen molar-refractivity contribution in [1.29, 1.82) is 0 Å². The molecule has 4 aromatic rings. The van der Waals surface area contributed by atoms with Crippen LogP contribution in [0.25, 0.3) is 5.82 Å². The first kappa shape index (κ1) is 20.3. The van der Waals surface area contributed by atoms with Gasteiger partial charge in [-0.25, -0.2) is 4.68 Å². The van der Waals surface area contributed by atoms with Gasteiger partial charge in [0.1, 0.15) is 5.75 Å². The summed E-state index contributed by atoms with van der Waals surface area (Å²) in [7, 11) is 0. The standard InChI is InChI=1S/C24H23N5O2/c1-15-5-6-19(13-16(15)2)24(30)25-20-7-9-21(10-8-20)31-23-12-11-22(26-27-23)29-18(4)14-17(3)28-29/h5-14H,1-4H3,(H,25,30). The third-order valence-corrected chi connectivity index (χ3v) is 4.96. The van der Waals surface area contributed by atoms with Gasteiger partial charge in [-0.2, -0.15) is 5.10 Å². The molecule has 0 unspecified atom stereocenters. The molecule has 1 N–H and O–H groups in total. The molecule has 0 fully saturated rings. The molecule has 0 aliphatic carbocycles. The zero-order chi connectivity index (χ0) is 22.0. The molecule has 31 heavy (non-hydrogen) atoms. The molecule has 0 radical (unpaired) electrons. The predicted octanol–water partition coefficient (Wildman–Crippen LogP) is 4.94. The van der Waals surface area contributed by atoms with Crippen LogP contribution in [0.1, 0.15) is 32.9 Å². The molecule has 0 saturated carbocycles. The van der Waals surface area contributed by atoms with Crippen LogP contribution >= 0.6 is 0 Å². The van der Waals surface area contributed by atoms with Crippen molar-refractivity contribution in [2.24, 2.45) is 0 Å². The fraction of sp³-hybridized carbons (Fsp3) is 0.167. The van der Waals surface area contributed by atoms with Gasteiger partial charge in [0, 0.05) is 23.0 Å². The van der Waals surface area contributed by atoms with Crippen LogP contribution < -0.4 is 10.1 Å². The largest absolute Gasteiger partial charge is 0.438 e. The second-order valence-electron chi connectivity index (χ2n) is 7.45. The monoisotopic (exact) mass is 413 g/mol. The lowest BCUT2D eigenvalue weighted by Crippen LogP contribution is -2.12. The molecule has 2 heterocycles. The Balaban J connectivity index is 1.41. The predicted molar refractivity (Wildman–Crippen MR) is 119 cm³/mol. The van der Waals surface area contributed by atoms with E-state index in [-0.39, 0.29) is 5.91 Å². The molecule has 0 aliphatic rings. The number of aromatic nitrogens is 4. The number of nitrogens with zero attached hydrogens (tertiary/aromatic N) is 4. The molecular weight excluding hydrogens is 390 g/mol. The van der Waals surface area contributed by atoms with Crippen LogP contribution in [0.5, 0.6) is 11.6 Å². The van der Waals surface area contributed by atoms with E-state index >= 15 is 0 Å². The minimum atomic E-state index is -0.151. The molecule has 0 bridgehead atoms. The van der Waals surface area contributed by atoms with Gasteiger partial charge in [-0.05, 0) is 87.4 Å². The minimum absolute atomic E-state index is 0.151. The number of rotatable bonds is 5. The van der Waals surface area contributed by atoms with Crippen molar-refractivity contribution < 1.29 is 9.53 Å². The number of carbonyl (C=O) groups excluding carboxylic acids is 1. The third-order valence-electron chi connectivity index (χ3n) is 4.96. The lowest BCUT2D eigenvalue weighted by atomic mass is 10.1. The summed E-state index contributed by atoms with van der Waals surface area (Å²) in [6, 6.07) is 18.3. The smallest absolute Gasteiger partial charge is 0.255 e. The Morgan fingerprint density at radius 2 is 1.65 bits per heavy atom. The van der Waals surface area contributed by atoms with Crippen LogP contribution in [0.3, 0.4) is 0 Å². The van der Waals surface area contributed by atoms with Crippen LogP contribution in [-0.2, 0) is 0 Å². The van der Waals surface area contributed by atoms with Gasteiger partial charge in [-0.15, -0.1) is 10.2 Å². The van der Waals surface area contributed by atoms with Crippen LogP contribution in [0.2, 0.25) is 0 Å². The molecule has 2 aromatic heterocycles. The fourth-order valence-corrected chi connectivity index (χ4v) is 3.15. The van der Waals surface area contributed by atoms with Crippen molar-refractivity contribution in [2.75, 3.05) is 5.32 Å². The highest BCUT2D eigenvalue weighted by molar-refractivity contribution is 6.04. The second-order valence-corrected chi connectivity index (χ2v) is 7.45. The Morgan fingerprint density at radius 3 is 2.26 bits per heavy atom. The third kappa shape index (κ3) is 4.61. The maximum atomic E-state index is 12.5. The van der Waals surface area contributed by atoms with Gasteiger partial charge in [0.2, 0.25) is 5.88 Å². The van der Waals surface area contributed by atoms with Crippen LogP contribution in [0.4, 0.5) is 5.69 Å². The number of amides is 1. The van der Waals surface area contributed by atoms with Crippen molar-refractivity contribution >= 4 is 11.6 Å². The van der Waals surface area contributed by atoms with Gasteiger partial charge in [0.05, 0.1) is 5.69 Å². The van der Waals surface area contributed by atoms with E-state index in [0.717, 1.165) is 22.5 Å². The minimum Gasteiger partial charge on any atom is -0.438 e. The zero-order valence-corrected chi connectivity index (χ0v) is 17.9. The maximum Gasteiger partial charge on any atom is 0.255 e. The highest BCUT2D eigenvalue weighted by atomic mass is 16.5. The van der Waals surface area contributed by atoms with Gasteiger partial charge in [-0.3, -0.25) is 4.79 Å². The van der Waals surface area contributed by atoms with Gasteiger partial charge < -0.3 is 10.1 Å². The molecule has 7 nitrogen and oxygen atoms in total. The summed E-state index contributed by atoms with van der Waals surface area (Å²) in [6.07, 6.45) is 0. The maximum absolute atomic E-state index is 12.5. The average Bonchev–Trinajstić information content (AvgIpc) is 3.10. The van der Waals surface area contributed by atoms with E-state index in [0.29, 0.717) is 28.7 Å². The molecule has 0 saturated heterocycles. The molecule has 1 amide bonds. The molecule has 7 heteroatoms. The Morgan fingerprint density at radius 1 is 0.871 bits per heavy atom. The molecule has 0 atom stereocenters. The second kappa shape index (κ2) is 8.39. The van der Waals surface area contributed by atoms with Crippen molar-refractivity contribution in [3.8, 4) is 17.4 Å². The van der Waals surface area contributed by atoms with Gasteiger partial charge in [-0.1, -0.05) is 6.07 Å². The van der Waals surface area contributed by atoms with E-state index in [1.54, 1.807) is 41.1 Å². The van der Waals surface area contributed by atoms with E-state index in [4.69, 9.17) is 4.74 Å². The summed E-state index contributed by atoms with van der Waals surface area (Å²) < 4.78 is 7.50. The Hall–Kier alpha value is -4.00. The SMILES string of the molecule is Cc1cc(C)n(-c2ccc(Oc3ccc(NC(=O)c4ccc(C)c(C)c4)cc3)nn2)n1. The van der Waals surface area contributed by atoms with Crippen LogP contribution in [0, 0.1) is 27.7 Å². The number of carbonyl (C=O) groups is 1. The van der Waals surface area contributed by atoms with Gasteiger partial charge >= 0.3 is 0 Å². The number of anilines is 1. The summed E-state index contributed by atoms with van der Waals surface area (Å²) in [5.41, 5.74) is 5.46. The first-order chi connectivity index (χ1) is 14.9. The number of hydrogen-bond donors (Lipinski definition) is 1. The Labute approximate surface area is 180 Å². The van der Waals surface area contributed by atoms with E-state index in [1.807, 2.05) is 52.0 Å². The molecule has 2 aromatic carbocycles. The topological polar surface area (TPSA) is 81.9 Å². The van der Waals surface area contributed by atoms with Crippen molar-refractivity contribution in [3.05, 3.63) is 88.7 Å². The molecule has 0 spiro atoms. The molecule has 0 aliphatic heterocycles. The summed E-state index contributed by atoms with van der Waals surface area (Å²) in [5.74, 6) is 1.44. The van der Waals surface area contributed by atoms with Crippen LogP contribution in [0.15, 0.2) is 60.7 Å².